The van der Waals surface area contributed by atoms with E-state index >= 15 is 0 Å². The molecule has 0 aliphatic heterocycles. The molecule has 0 aliphatic rings. The minimum atomic E-state index is -0.326. The first-order chi connectivity index (χ1) is 5.77. The van der Waals surface area contributed by atoms with Gasteiger partial charge < -0.3 is 0 Å². The van der Waals surface area contributed by atoms with Gasteiger partial charge in [0, 0.05) is 0 Å². The van der Waals surface area contributed by atoms with Crippen molar-refractivity contribution >= 4 is 22.9 Å². The fourth-order valence-electron chi connectivity index (χ4n) is 0.793. The second-order valence-corrected chi connectivity index (χ2v) is 3.82. The second-order valence-electron chi connectivity index (χ2n) is 2.12. The number of hydrogen-bond donors (Lipinski definition) is 1. The van der Waals surface area contributed by atoms with Gasteiger partial charge in [-0.3, -0.25) is 5.32 Å². The largest absolute Gasteiger partial charge is 0.296 e. The van der Waals surface area contributed by atoms with Crippen LogP contribution in [-0.2, 0) is 0 Å². The number of aromatic nitrogens is 1. The summed E-state index contributed by atoms with van der Waals surface area (Å²) in [6.45, 7) is 2.69. The number of rotatable bonds is 3. The molecule has 0 fully saturated rings. The van der Waals surface area contributed by atoms with Gasteiger partial charge in [-0.05, 0) is 6.54 Å². The lowest BCUT2D eigenvalue weighted by Gasteiger charge is -2.04. The Hall–Kier alpha value is -0.630. The Morgan fingerprint density at radius 3 is 3.08 bits per heavy atom. The first-order valence-electron chi connectivity index (χ1n) is 3.52. The monoisotopic (exact) mass is 201 g/mol. The van der Waals surface area contributed by atoms with Gasteiger partial charge in [0.25, 0.3) is 0 Å². The maximum absolute atomic E-state index is 8.73. The van der Waals surface area contributed by atoms with E-state index in [1.807, 2.05) is 6.92 Å². The minimum absolute atomic E-state index is 0.326. The Morgan fingerprint density at radius 1 is 1.92 bits per heavy atom. The van der Waals surface area contributed by atoms with Gasteiger partial charge in [-0.2, -0.15) is 5.26 Å². The molecule has 0 bridgehead atoms. The van der Waals surface area contributed by atoms with Gasteiger partial charge in [-0.15, -0.1) is 11.3 Å². The van der Waals surface area contributed by atoms with Crippen molar-refractivity contribution < 1.29 is 0 Å². The van der Waals surface area contributed by atoms with E-state index in [0.717, 1.165) is 11.6 Å². The lowest BCUT2D eigenvalue weighted by molar-refractivity contribution is 0.654. The van der Waals surface area contributed by atoms with E-state index in [0.29, 0.717) is 4.34 Å². The Labute approximate surface area is 80.0 Å². The van der Waals surface area contributed by atoms with Gasteiger partial charge >= 0.3 is 0 Å². The van der Waals surface area contributed by atoms with Gasteiger partial charge in [0.1, 0.15) is 15.4 Å². The van der Waals surface area contributed by atoms with Crippen molar-refractivity contribution in [1.82, 2.24) is 10.3 Å². The Bertz CT molecular complexity index is 291. The summed E-state index contributed by atoms with van der Waals surface area (Å²) in [5.74, 6) is 0. The predicted octanol–water partition coefficient (Wildman–Crippen LogP) is 1.97. The highest BCUT2D eigenvalue weighted by Gasteiger charge is 2.12. The number of nitrogens with one attached hydrogen (secondary N) is 1. The van der Waals surface area contributed by atoms with Crippen LogP contribution in [0.2, 0.25) is 4.34 Å². The number of thiazole rings is 1. The smallest absolute Gasteiger partial charge is 0.148 e. The van der Waals surface area contributed by atoms with E-state index < -0.39 is 0 Å². The molecule has 12 heavy (non-hydrogen) atoms. The fraction of sp³-hybridized carbons (Fsp3) is 0.429. The molecule has 0 saturated heterocycles. The molecule has 64 valence electrons. The van der Waals surface area contributed by atoms with Crippen molar-refractivity contribution in [3.05, 3.63) is 15.5 Å². The summed E-state index contributed by atoms with van der Waals surface area (Å²) in [6, 6.07) is 1.78. The summed E-state index contributed by atoms with van der Waals surface area (Å²) in [5, 5.41) is 12.4. The molecule has 0 saturated carbocycles. The summed E-state index contributed by atoms with van der Waals surface area (Å²) in [7, 11) is 0. The van der Waals surface area contributed by atoms with Crippen molar-refractivity contribution in [2.75, 3.05) is 6.54 Å². The van der Waals surface area contributed by atoms with Crippen LogP contribution in [0, 0.1) is 11.3 Å². The number of nitriles is 1. The highest BCUT2D eigenvalue weighted by molar-refractivity contribution is 7.15. The van der Waals surface area contributed by atoms with Gasteiger partial charge in [-0.1, -0.05) is 18.5 Å². The molecule has 0 aromatic carbocycles. The van der Waals surface area contributed by atoms with Crippen molar-refractivity contribution in [1.29, 1.82) is 5.26 Å². The maximum atomic E-state index is 8.73. The molecule has 0 spiro atoms. The Kier molecular flexibility index (Phi) is 3.48. The van der Waals surface area contributed by atoms with Crippen LogP contribution in [0.3, 0.4) is 0 Å². The van der Waals surface area contributed by atoms with E-state index in [9.17, 15) is 0 Å². The van der Waals surface area contributed by atoms with Gasteiger partial charge in [0.2, 0.25) is 0 Å². The molecular weight excluding hydrogens is 194 g/mol. The average molecular weight is 202 g/mol. The van der Waals surface area contributed by atoms with Crippen molar-refractivity contribution in [3.8, 4) is 6.07 Å². The SMILES string of the molecule is CCNC(C#N)c1ncc(Cl)s1. The van der Waals surface area contributed by atoms with Crippen molar-refractivity contribution in [3.63, 3.8) is 0 Å². The van der Waals surface area contributed by atoms with E-state index in [2.05, 4.69) is 16.4 Å². The van der Waals surface area contributed by atoms with Crippen LogP contribution in [0.25, 0.3) is 0 Å². The molecule has 0 aliphatic carbocycles. The summed E-state index contributed by atoms with van der Waals surface area (Å²) in [6.07, 6.45) is 1.56. The molecule has 5 heteroatoms. The van der Waals surface area contributed by atoms with Gasteiger partial charge in [0.15, 0.2) is 0 Å². The third-order valence-corrected chi connectivity index (χ3v) is 2.46. The minimum Gasteiger partial charge on any atom is -0.296 e. The van der Waals surface area contributed by atoms with Crippen LogP contribution in [0.5, 0.6) is 0 Å². The molecular formula is C7H8ClN3S. The van der Waals surface area contributed by atoms with Crippen LogP contribution >= 0.6 is 22.9 Å². The number of nitrogens with zero attached hydrogens (tertiary/aromatic N) is 2. The van der Waals surface area contributed by atoms with E-state index in [-0.39, 0.29) is 6.04 Å². The van der Waals surface area contributed by atoms with Crippen LogP contribution in [0.15, 0.2) is 6.20 Å². The van der Waals surface area contributed by atoms with Crippen LogP contribution in [0.1, 0.15) is 18.0 Å². The quantitative estimate of drug-likeness (QED) is 0.814. The lowest BCUT2D eigenvalue weighted by Crippen LogP contribution is -2.18. The molecule has 1 rings (SSSR count). The second kappa shape index (κ2) is 4.41. The van der Waals surface area contributed by atoms with Gasteiger partial charge in [-0.25, -0.2) is 4.98 Å². The highest BCUT2D eigenvalue weighted by Crippen LogP contribution is 2.23. The topological polar surface area (TPSA) is 48.7 Å². The summed E-state index contributed by atoms with van der Waals surface area (Å²) in [5.41, 5.74) is 0. The normalized spacial score (nSPS) is 12.4. The first kappa shape index (κ1) is 9.46. The van der Waals surface area contributed by atoms with Crippen LogP contribution < -0.4 is 5.32 Å². The molecule has 1 unspecified atom stereocenters. The molecule has 1 aromatic heterocycles. The summed E-state index contributed by atoms with van der Waals surface area (Å²) in [4.78, 5) is 4.01. The van der Waals surface area contributed by atoms with Crippen LogP contribution in [-0.4, -0.2) is 11.5 Å². The maximum Gasteiger partial charge on any atom is 0.148 e. The molecule has 0 radical (unpaired) electrons. The lowest BCUT2D eigenvalue weighted by atomic mass is 10.3. The molecule has 3 nitrogen and oxygen atoms in total. The predicted molar refractivity (Wildman–Crippen MR) is 49.2 cm³/mol. The van der Waals surface area contributed by atoms with Crippen molar-refractivity contribution in [2.45, 2.75) is 13.0 Å². The van der Waals surface area contributed by atoms with E-state index in [4.69, 9.17) is 16.9 Å². The first-order valence-corrected chi connectivity index (χ1v) is 4.71. The van der Waals surface area contributed by atoms with E-state index in [1.54, 1.807) is 6.20 Å². The van der Waals surface area contributed by atoms with Crippen LogP contribution in [0.4, 0.5) is 0 Å². The molecule has 1 N–H and O–H groups in total. The van der Waals surface area contributed by atoms with Crippen molar-refractivity contribution in [2.24, 2.45) is 0 Å². The average Bonchev–Trinajstić information content (AvgIpc) is 2.47. The third-order valence-electron chi connectivity index (χ3n) is 1.28. The number of halogens is 1. The zero-order valence-corrected chi connectivity index (χ0v) is 8.11. The molecule has 1 atom stereocenters. The number of hydrogen-bond acceptors (Lipinski definition) is 4. The zero-order valence-electron chi connectivity index (χ0n) is 6.54. The third kappa shape index (κ3) is 2.18. The summed E-state index contributed by atoms with van der Waals surface area (Å²) < 4.78 is 0.614. The highest BCUT2D eigenvalue weighted by atomic mass is 35.5. The fourth-order valence-corrected chi connectivity index (χ4v) is 1.74. The Morgan fingerprint density at radius 2 is 2.67 bits per heavy atom. The Balaban J connectivity index is 2.74. The van der Waals surface area contributed by atoms with E-state index in [1.165, 1.54) is 11.3 Å². The molecule has 0 amide bonds. The molecule has 1 aromatic rings. The summed E-state index contributed by atoms with van der Waals surface area (Å²) >= 11 is 7.01. The molecule has 1 heterocycles. The van der Waals surface area contributed by atoms with Gasteiger partial charge in [0.05, 0.1) is 12.3 Å². The standard InChI is InChI=1S/C7H8ClN3S/c1-2-10-5(3-9)7-11-4-6(8)12-7/h4-5,10H,2H2,1H3. The zero-order chi connectivity index (χ0) is 8.97.